The molecule has 1 aromatic heterocycles. The van der Waals surface area contributed by atoms with E-state index >= 15 is 0 Å². The van der Waals surface area contributed by atoms with Crippen LogP contribution in [0.4, 0.5) is 10.8 Å². The van der Waals surface area contributed by atoms with Crippen LogP contribution in [0.15, 0.2) is 77.8 Å². The van der Waals surface area contributed by atoms with Crippen LogP contribution in [0.3, 0.4) is 0 Å². The molecule has 28 heavy (non-hydrogen) atoms. The lowest BCUT2D eigenvalue weighted by Gasteiger charge is -2.19. The molecular formula is C21H16N4O2S. The van der Waals surface area contributed by atoms with Crippen molar-refractivity contribution in [1.29, 1.82) is 5.26 Å². The summed E-state index contributed by atoms with van der Waals surface area (Å²) in [6.07, 6.45) is 3.04. The standard InChI is InChI=1S/C21H16N4O2S/c22-14-17(13-16-7-3-1-4-8-16)20(27)25(21-23-11-12-28-21)15-19(26)24-18-9-5-2-6-10-18/h1-13H,15H2,(H,24,26)/b17-13+. The Morgan fingerprint density at radius 1 is 1.11 bits per heavy atom. The zero-order valence-corrected chi connectivity index (χ0v) is 15.6. The molecule has 6 nitrogen and oxygen atoms in total. The summed E-state index contributed by atoms with van der Waals surface area (Å²) in [5.41, 5.74) is 1.27. The van der Waals surface area contributed by atoms with Crippen molar-refractivity contribution in [2.45, 2.75) is 0 Å². The number of carbonyl (C=O) groups is 2. The van der Waals surface area contributed by atoms with Crippen molar-refractivity contribution in [2.75, 3.05) is 16.8 Å². The molecule has 0 radical (unpaired) electrons. The molecule has 1 heterocycles. The number of aromatic nitrogens is 1. The van der Waals surface area contributed by atoms with E-state index < -0.39 is 5.91 Å². The van der Waals surface area contributed by atoms with E-state index in [0.717, 1.165) is 5.56 Å². The Hall–Kier alpha value is -3.76. The topological polar surface area (TPSA) is 86.1 Å². The van der Waals surface area contributed by atoms with Crippen molar-refractivity contribution in [3.05, 3.63) is 83.4 Å². The Kier molecular flexibility index (Phi) is 6.29. The molecule has 0 saturated carbocycles. The van der Waals surface area contributed by atoms with Crippen LogP contribution in [0.2, 0.25) is 0 Å². The Morgan fingerprint density at radius 2 is 1.79 bits per heavy atom. The maximum absolute atomic E-state index is 13.0. The average Bonchev–Trinajstić information content (AvgIpc) is 3.26. The van der Waals surface area contributed by atoms with Crippen LogP contribution in [0.25, 0.3) is 6.08 Å². The second-order valence-electron chi connectivity index (χ2n) is 5.70. The number of carbonyl (C=O) groups excluding carboxylic acids is 2. The molecule has 7 heteroatoms. The van der Waals surface area contributed by atoms with Gasteiger partial charge in [0.05, 0.1) is 0 Å². The van der Waals surface area contributed by atoms with Gasteiger partial charge in [0.1, 0.15) is 18.2 Å². The lowest BCUT2D eigenvalue weighted by atomic mass is 10.1. The quantitative estimate of drug-likeness (QED) is 0.515. The van der Waals surface area contributed by atoms with Gasteiger partial charge in [0, 0.05) is 17.3 Å². The summed E-state index contributed by atoms with van der Waals surface area (Å²) in [6.45, 7) is -0.255. The number of nitrogens with zero attached hydrogens (tertiary/aromatic N) is 3. The monoisotopic (exact) mass is 388 g/mol. The number of anilines is 2. The summed E-state index contributed by atoms with van der Waals surface area (Å²) in [4.78, 5) is 30.8. The molecule has 3 aromatic rings. The fraction of sp³-hybridized carbons (Fsp3) is 0.0476. The van der Waals surface area contributed by atoms with Crippen LogP contribution < -0.4 is 10.2 Å². The lowest BCUT2D eigenvalue weighted by molar-refractivity contribution is -0.119. The first-order chi connectivity index (χ1) is 13.7. The second-order valence-corrected chi connectivity index (χ2v) is 6.57. The van der Waals surface area contributed by atoms with Crippen LogP contribution in [0.1, 0.15) is 5.56 Å². The van der Waals surface area contributed by atoms with Crippen LogP contribution in [-0.2, 0) is 9.59 Å². The molecule has 0 aliphatic carbocycles. The summed E-state index contributed by atoms with van der Waals surface area (Å²) < 4.78 is 0. The predicted octanol–water partition coefficient (Wildman–Crippen LogP) is 3.72. The Bertz CT molecular complexity index is 1010. The summed E-state index contributed by atoms with van der Waals surface area (Å²) in [5.74, 6) is -0.962. The number of hydrogen-bond donors (Lipinski definition) is 1. The van der Waals surface area contributed by atoms with Gasteiger partial charge in [0.25, 0.3) is 5.91 Å². The van der Waals surface area contributed by atoms with Crippen molar-refractivity contribution < 1.29 is 9.59 Å². The zero-order valence-electron chi connectivity index (χ0n) is 14.8. The average molecular weight is 388 g/mol. The lowest BCUT2D eigenvalue weighted by Crippen LogP contribution is -2.38. The highest BCUT2D eigenvalue weighted by molar-refractivity contribution is 7.13. The molecule has 0 unspecified atom stereocenters. The Balaban J connectivity index is 1.83. The summed E-state index contributed by atoms with van der Waals surface area (Å²) in [5, 5.41) is 14.3. The van der Waals surface area contributed by atoms with E-state index in [1.807, 2.05) is 30.3 Å². The van der Waals surface area contributed by atoms with Gasteiger partial charge in [-0.3, -0.25) is 14.5 Å². The number of thiazole rings is 1. The Labute approximate surface area is 166 Å². The highest BCUT2D eigenvalue weighted by Crippen LogP contribution is 2.20. The molecule has 0 saturated heterocycles. The second kappa shape index (κ2) is 9.26. The minimum atomic E-state index is -0.579. The first-order valence-corrected chi connectivity index (χ1v) is 9.28. The minimum Gasteiger partial charge on any atom is -0.325 e. The smallest absolute Gasteiger partial charge is 0.271 e. The maximum atomic E-state index is 13.0. The molecule has 2 amide bonds. The van der Waals surface area contributed by atoms with Gasteiger partial charge in [0.2, 0.25) is 5.91 Å². The van der Waals surface area contributed by atoms with E-state index in [0.29, 0.717) is 10.8 Å². The molecule has 0 atom stereocenters. The number of rotatable bonds is 6. The third-order valence-electron chi connectivity index (χ3n) is 3.72. The zero-order chi connectivity index (χ0) is 19.8. The number of nitrogens with one attached hydrogen (secondary N) is 1. The van der Waals surface area contributed by atoms with Gasteiger partial charge < -0.3 is 5.32 Å². The Morgan fingerprint density at radius 3 is 2.39 bits per heavy atom. The normalized spacial score (nSPS) is 10.8. The SMILES string of the molecule is N#C/C(=C\c1ccccc1)C(=O)N(CC(=O)Nc1ccccc1)c1nccs1. The molecule has 0 aliphatic rings. The molecule has 2 aromatic carbocycles. The van der Waals surface area contributed by atoms with Crippen LogP contribution >= 0.6 is 11.3 Å². The van der Waals surface area contributed by atoms with E-state index in [9.17, 15) is 14.9 Å². The van der Waals surface area contributed by atoms with E-state index in [1.54, 1.807) is 48.0 Å². The van der Waals surface area contributed by atoms with Gasteiger partial charge in [-0.25, -0.2) is 4.98 Å². The number of amides is 2. The summed E-state index contributed by atoms with van der Waals surface area (Å²) in [7, 11) is 0. The van der Waals surface area contributed by atoms with Crippen molar-refractivity contribution in [2.24, 2.45) is 0 Å². The minimum absolute atomic E-state index is 0.0751. The van der Waals surface area contributed by atoms with Gasteiger partial charge in [0.15, 0.2) is 5.13 Å². The van der Waals surface area contributed by atoms with E-state index in [1.165, 1.54) is 22.3 Å². The molecule has 0 spiro atoms. The maximum Gasteiger partial charge on any atom is 0.271 e. The fourth-order valence-corrected chi connectivity index (χ4v) is 3.08. The highest BCUT2D eigenvalue weighted by atomic mass is 32.1. The van der Waals surface area contributed by atoms with E-state index in [2.05, 4.69) is 10.3 Å². The van der Waals surface area contributed by atoms with Crippen LogP contribution in [-0.4, -0.2) is 23.3 Å². The highest BCUT2D eigenvalue weighted by Gasteiger charge is 2.24. The third kappa shape index (κ3) is 4.90. The number of hydrogen-bond acceptors (Lipinski definition) is 5. The third-order valence-corrected chi connectivity index (χ3v) is 4.51. The van der Waals surface area contributed by atoms with Crippen molar-refractivity contribution in [3.63, 3.8) is 0 Å². The molecular weight excluding hydrogens is 372 g/mol. The molecule has 0 fully saturated rings. The molecule has 138 valence electrons. The largest absolute Gasteiger partial charge is 0.325 e. The first-order valence-electron chi connectivity index (χ1n) is 8.40. The number of para-hydroxylation sites is 1. The van der Waals surface area contributed by atoms with E-state index in [4.69, 9.17) is 0 Å². The van der Waals surface area contributed by atoms with Crippen molar-refractivity contribution in [1.82, 2.24) is 4.98 Å². The summed E-state index contributed by atoms with van der Waals surface area (Å²) in [6, 6.07) is 19.9. The van der Waals surface area contributed by atoms with Gasteiger partial charge in [-0.2, -0.15) is 5.26 Å². The summed E-state index contributed by atoms with van der Waals surface area (Å²) >= 11 is 1.22. The molecule has 1 N–H and O–H groups in total. The van der Waals surface area contributed by atoms with Gasteiger partial charge in [-0.05, 0) is 23.8 Å². The van der Waals surface area contributed by atoms with Gasteiger partial charge in [-0.1, -0.05) is 48.5 Å². The molecule has 0 aliphatic heterocycles. The number of benzene rings is 2. The number of nitriles is 1. The van der Waals surface area contributed by atoms with Gasteiger partial charge >= 0.3 is 0 Å². The first kappa shape index (κ1) is 19.0. The van der Waals surface area contributed by atoms with E-state index in [-0.39, 0.29) is 18.0 Å². The fourth-order valence-electron chi connectivity index (χ4n) is 2.44. The predicted molar refractivity (Wildman–Crippen MR) is 110 cm³/mol. The molecule has 3 rings (SSSR count). The van der Waals surface area contributed by atoms with Crippen molar-refractivity contribution >= 4 is 40.0 Å². The van der Waals surface area contributed by atoms with Crippen LogP contribution in [0.5, 0.6) is 0 Å². The molecule has 0 bridgehead atoms. The van der Waals surface area contributed by atoms with Crippen LogP contribution in [0, 0.1) is 11.3 Å². The van der Waals surface area contributed by atoms with Crippen molar-refractivity contribution in [3.8, 4) is 6.07 Å². The van der Waals surface area contributed by atoms with Gasteiger partial charge in [-0.15, -0.1) is 11.3 Å².